The van der Waals surface area contributed by atoms with E-state index < -0.39 is 10.0 Å². The van der Waals surface area contributed by atoms with Crippen LogP contribution in [0.2, 0.25) is 0 Å². The molecule has 0 fully saturated rings. The van der Waals surface area contributed by atoms with Crippen molar-refractivity contribution in [3.63, 3.8) is 0 Å². The van der Waals surface area contributed by atoms with Crippen molar-refractivity contribution in [1.82, 2.24) is 9.38 Å². The van der Waals surface area contributed by atoms with Gasteiger partial charge in [-0.05, 0) is 38.1 Å². The Balaban J connectivity index is 1.59. The number of sulfonamides is 1. The number of thiazole rings is 1. The van der Waals surface area contributed by atoms with Crippen LogP contribution in [-0.2, 0) is 10.0 Å². The Kier molecular flexibility index (Phi) is 3.90. The molecule has 1 N–H and O–H groups in total. The predicted octanol–water partition coefficient (Wildman–Crippen LogP) is 4.54. The summed E-state index contributed by atoms with van der Waals surface area (Å²) >= 11 is 2.86. The van der Waals surface area contributed by atoms with Gasteiger partial charge in [0, 0.05) is 33.4 Å². The van der Waals surface area contributed by atoms with E-state index in [-0.39, 0.29) is 0 Å². The lowest BCUT2D eigenvalue weighted by Crippen LogP contribution is -2.11. The fourth-order valence-electron chi connectivity index (χ4n) is 2.50. The normalized spacial score (nSPS) is 11.9. The van der Waals surface area contributed by atoms with Crippen molar-refractivity contribution in [1.29, 1.82) is 0 Å². The van der Waals surface area contributed by atoms with Crippen molar-refractivity contribution in [3.8, 4) is 11.3 Å². The molecular weight excluding hydrogens is 374 g/mol. The quantitative estimate of drug-likeness (QED) is 0.557. The second kappa shape index (κ2) is 5.98. The van der Waals surface area contributed by atoms with Crippen molar-refractivity contribution >= 4 is 43.3 Å². The lowest BCUT2D eigenvalue weighted by Gasteiger charge is -2.06. The van der Waals surface area contributed by atoms with Crippen LogP contribution in [0, 0.1) is 13.8 Å². The summed E-state index contributed by atoms with van der Waals surface area (Å²) in [7, 11) is -3.54. The van der Waals surface area contributed by atoms with Gasteiger partial charge in [-0.15, -0.1) is 22.7 Å². The first-order chi connectivity index (χ1) is 11.9. The van der Waals surface area contributed by atoms with Crippen molar-refractivity contribution in [2.75, 3.05) is 4.72 Å². The maximum absolute atomic E-state index is 12.4. The van der Waals surface area contributed by atoms with Gasteiger partial charge < -0.3 is 0 Å². The fraction of sp³-hybridized carbons (Fsp3) is 0.118. The van der Waals surface area contributed by atoms with Crippen molar-refractivity contribution in [2.45, 2.75) is 18.1 Å². The summed E-state index contributed by atoms with van der Waals surface area (Å²) in [6.07, 6.45) is 1.99. The molecule has 4 aromatic rings. The van der Waals surface area contributed by atoms with E-state index in [2.05, 4.69) is 19.5 Å². The number of thiophene rings is 1. The number of rotatable bonds is 4. The van der Waals surface area contributed by atoms with Crippen LogP contribution in [0.25, 0.3) is 16.2 Å². The van der Waals surface area contributed by atoms with Gasteiger partial charge in [0.2, 0.25) is 0 Å². The first kappa shape index (κ1) is 16.3. The molecule has 0 amide bonds. The van der Waals surface area contributed by atoms with Crippen molar-refractivity contribution in [2.24, 2.45) is 0 Å². The first-order valence-corrected chi connectivity index (χ1v) is 10.7. The molecule has 128 valence electrons. The molecule has 0 aliphatic heterocycles. The number of aryl methyl sites for hydroxylation is 2. The predicted molar refractivity (Wildman–Crippen MR) is 103 cm³/mol. The maximum Gasteiger partial charge on any atom is 0.271 e. The molecule has 0 atom stereocenters. The molecule has 25 heavy (non-hydrogen) atoms. The largest absolute Gasteiger partial charge is 0.294 e. The van der Waals surface area contributed by atoms with Gasteiger partial charge in [-0.3, -0.25) is 9.12 Å². The topological polar surface area (TPSA) is 63.5 Å². The summed E-state index contributed by atoms with van der Waals surface area (Å²) in [5, 5.41) is 2.07. The van der Waals surface area contributed by atoms with Gasteiger partial charge in [-0.25, -0.2) is 13.4 Å². The molecule has 4 rings (SSSR count). The lowest BCUT2D eigenvalue weighted by molar-refractivity contribution is 0.603. The Morgan fingerprint density at radius 1 is 1.08 bits per heavy atom. The minimum Gasteiger partial charge on any atom is -0.294 e. The van der Waals surface area contributed by atoms with Gasteiger partial charge in [0.1, 0.15) is 4.21 Å². The third kappa shape index (κ3) is 3.08. The van der Waals surface area contributed by atoms with Gasteiger partial charge in [-0.1, -0.05) is 12.1 Å². The Hall–Kier alpha value is -2.16. The van der Waals surface area contributed by atoms with Crippen molar-refractivity contribution < 1.29 is 8.42 Å². The molecule has 3 aromatic heterocycles. The number of hydrogen-bond donors (Lipinski definition) is 1. The van der Waals surface area contributed by atoms with Crippen LogP contribution in [0.1, 0.15) is 10.6 Å². The number of hydrogen-bond acceptors (Lipinski definition) is 5. The third-order valence-electron chi connectivity index (χ3n) is 3.80. The molecule has 0 radical (unpaired) electrons. The minimum atomic E-state index is -3.54. The minimum absolute atomic E-state index is 0.318. The zero-order valence-electron chi connectivity index (χ0n) is 13.6. The number of benzene rings is 1. The Morgan fingerprint density at radius 2 is 1.84 bits per heavy atom. The smallest absolute Gasteiger partial charge is 0.271 e. The zero-order valence-corrected chi connectivity index (χ0v) is 16.0. The van der Waals surface area contributed by atoms with E-state index in [9.17, 15) is 8.42 Å². The van der Waals surface area contributed by atoms with E-state index in [0.29, 0.717) is 9.90 Å². The molecule has 3 heterocycles. The van der Waals surface area contributed by atoms with E-state index in [1.165, 1.54) is 11.3 Å². The van der Waals surface area contributed by atoms with Gasteiger partial charge in [0.05, 0.1) is 5.69 Å². The summed E-state index contributed by atoms with van der Waals surface area (Å²) in [5.74, 6) is 0. The molecule has 0 bridgehead atoms. The van der Waals surface area contributed by atoms with Crippen LogP contribution >= 0.6 is 22.7 Å². The monoisotopic (exact) mass is 389 g/mol. The standard InChI is InChI=1S/C17H15N3O2S3/c1-11-10-23-17-18-15(9-20(11)17)13-4-6-14(7-5-13)19-25(21,22)16-8-3-12(2)24-16/h3-10,19H,1-2H3. The van der Waals surface area contributed by atoms with E-state index in [1.807, 2.05) is 32.2 Å². The summed E-state index contributed by atoms with van der Waals surface area (Å²) in [5.41, 5.74) is 3.50. The molecule has 5 nitrogen and oxygen atoms in total. The number of aromatic nitrogens is 2. The van der Waals surface area contributed by atoms with Gasteiger partial charge >= 0.3 is 0 Å². The lowest BCUT2D eigenvalue weighted by atomic mass is 10.1. The fourth-order valence-corrected chi connectivity index (χ4v) is 5.70. The van der Waals surface area contributed by atoms with Crippen LogP contribution in [0.5, 0.6) is 0 Å². The van der Waals surface area contributed by atoms with Gasteiger partial charge in [0.25, 0.3) is 10.0 Å². The van der Waals surface area contributed by atoms with E-state index in [4.69, 9.17) is 0 Å². The second-order valence-corrected chi connectivity index (χ2v) is 9.74. The highest BCUT2D eigenvalue weighted by atomic mass is 32.2. The average Bonchev–Trinajstić information content (AvgIpc) is 3.26. The van der Waals surface area contributed by atoms with Gasteiger partial charge in [-0.2, -0.15) is 0 Å². The summed E-state index contributed by atoms with van der Waals surface area (Å²) < 4.78 is 29.7. The molecule has 0 unspecified atom stereocenters. The number of nitrogens with one attached hydrogen (secondary N) is 1. The summed E-state index contributed by atoms with van der Waals surface area (Å²) in [6, 6.07) is 10.7. The van der Waals surface area contributed by atoms with Crippen LogP contribution < -0.4 is 4.72 Å². The SMILES string of the molecule is Cc1ccc(S(=O)(=O)Nc2ccc(-c3cn4c(C)csc4n3)cc2)s1. The van der Waals surface area contributed by atoms with Crippen molar-refractivity contribution in [3.05, 3.63) is 58.5 Å². The third-order valence-corrected chi connectivity index (χ3v) is 7.63. The van der Waals surface area contributed by atoms with Gasteiger partial charge in [0.15, 0.2) is 4.96 Å². The highest BCUT2D eigenvalue weighted by molar-refractivity contribution is 7.94. The van der Waals surface area contributed by atoms with E-state index >= 15 is 0 Å². The molecule has 0 aliphatic rings. The van der Waals surface area contributed by atoms with Crippen LogP contribution in [0.4, 0.5) is 5.69 Å². The first-order valence-electron chi connectivity index (χ1n) is 7.55. The highest BCUT2D eigenvalue weighted by Gasteiger charge is 2.16. The van der Waals surface area contributed by atoms with Crippen LogP contribution in [0.15, 0.2) is 52.2 Å². The number of imidazole rings is 1. The van der Waals surface area contributed by atoms with Crippen LogP contribution in [0.3, 0.4) is 0 Å². The molecule has 0 saturated carbocycles. The summed E-state index contributed by atoms with van der Waals surface area (Å²) in [6.45, 7) is 3.93. The number of anilines is 1. The maximum atomic E-state index is 12.4. The molecule has 0 saturated heterocycles. The Bertz CT molecular complexity index is 1150. The molecule has 1 aromatic carbocycles. The zero-order chi connectivity index (χ0) is 17.6. The number of nitrogens with zero attached hydrogens (tertiary/aromatic N) is 2. The highest BCUT2D eigenvalue weighted by Crippen LogP contribution is 2.27. The molecule has 0 spiro atoms. The van der Waals surface area contributed by atoms with E-state index in [0.717, 1.165) is 26.8 Å². The number of fused-ring (bicyclic) bond motifs is 1. The Labute approximate surface area is 153 Å². The van der Waals surface area contributed by atoms with Crippen LogP contribution in [-0.4, -0.2) is 17.8 Å². The molecular formula is C17H15N3O2S3. The van der Waals surface area contributed by atoms with E-state index in [1.54, 1.807) is 35.6 Å². The summed E-state index contributed by atoms with van der Waals surface area (Å²) in [4.78, 5) is 6.52. The second-order valence-electron chi connectivity index (χ2n) is 5.70. The Morgan fingerprint density at radius 3 is 2.48 bits per heavy atom. The molecule has 8 heteroatoms. The average molecular weight is 390 g/mol. The molecule has 0 aliphatic carbocycles.